The van der Waals surface area contributed by atoms with Gasteiger partial charge in [-0.3, -0.25) is 19.3 Å². The number of anilines is 1. The molecule has 0 bridgehead atoms. The van der Waals surface area contributed by atoms with E-state index >= 15 is 0 Å². The van der Waals surface area contributed by atoms with Gasteiger partial charge in [0.15, 0.2) is 0 Å². The fraction of sp³-hybridized carbons (Fsp3) is 0.200. The van der Waals surface area contributed by atoms with Crippen LogP contribution in [-0.2, 0) is 0 Å². The summed E-state index contributed by atoms with van der Waals surface area (Å²) in [6.07, 6.45) is 0. The van der Waals surface area contributed by atoms with Crippen LogP contribution in [0.25, 0.3) is 0 Å². The van der Waals surface area contributed by atoms with E-state index in [1.165, 1.54) is 36.4 Å². The molecule has 0 radical (unpaired) electrons. The van der Waals surface area contributed by atoms with Crippen LogP contribution in [0.4, 0.5) is 5.69 Å². The molecule has 0 spiro atoms. The summed E-state index contributed by atoms with van der Waals surface area (Å²) >= 11 is 0. The first-order valence-corrected chi connectivity index (χ1v) is 8.26. The van der Waals surface area contributed by atoms with Crippen LogP contribution in [0.2, 0.25) is 0 Å². The highest BCUT2D eigenvalue weighted by molar-refractivity contribution is 6.22. The van der Waals surface area contributed by atoms with Gasteiger partial charge in [-0.25, -0.2) is 0 Å². The van der Waals surface area contributed by atoms with Gasteiger partial charge >= 0.3 is 0 Å². The highest BCUT2D eigenvalue weighted by Crippen LogP contribution is 2.30. The molecule has 0 aromatic heterocycles. The van der Waals surface area contributed by atoms with Crippen molar-refractivity contribution < 1.29 is 24.3 Å². The molecule has 1 N–H and O–H groups in total. The molecule has 27 heavy (non-hydrogen) atoms. The van der Waals surface area contributed by atoms with Gasteiger partial charge in [-0.1, -0.05) is 18.2 Å². The SMILES string of the molecule is CC(C)(C)N1C(=O)c2ccc(C(=O)Nc3ccccc3C(=O)[O-])cc2C1=O. The summed E-state index contributed by atoms with van der Waals surface area (Å²) in [5, 5.41) is 13.6. The van der Waals surface area contributed by atoms with Crippen molar-refractivity contribution in [2.75, 3.05) is 5.32 Å². The molecule has 0 saturated heterocycles. The van der Waals surface area contributed by atoms with Crippen molar-refractivity contribution in [3.05, 3.63) is 64.7 Å². The molecule has 7 nitrogen and oxygen atoms in total. The Bertz CT molecular complexity index is 988. The van der Waals surface area contributed by atoms with Gasteiger partial charge in [0.2, 0.25) is 0 Å². The summed E-state index contributed by atoms with van der Waals surface area (Å²) < 4.78 is 0. The molecule has 1 heterocycles. The summed E-state index contributed by atoms with van der Waals surface area (Å²) in [6, 6.07) is 10.0. The summed E-state index contributed by atoms with van der Waals surface area (Å²) in [7, 11) is 0. The molecule has 0 unspecified atom stereocenters. The number of imide groups is 1. The summed E-state index contributed by atoms with van der Waals surface area (Å²) in [5.41, 5.74) is -0.238. The molecule has 3 amide bonds. The van der Waals surface area contributed by atoms with Crippen molar-refractivity contribution in [2.45, 2.75) is 26.3 Å². The van der Waals surface area contributed by atoms with Crippen molar-refractivity contribution >= 4 is 29.4 Å². The number of aromatic carboxylic acids is 1. The number of amides is 3. The van der Waals surface area contributed by atoms with Crippen LogP contribution in [-0.4, -0.2) is 34.1 Å². The fourth-order valence-electron chi connectivity index (χ4n) is 2.96. The summed E-state index contributed by atoms with van der Waals surface area (Å²) in [5.74, 6) is -2.88. The van der Waals surface area contributed by atoms with Crippen LogP contribution in [0.3, 0.4) is 0 Å². The Kier molecular flexibility index (Phi) is 4.31. The molecule has 0 aliphatic carbocycles. The number of nitrogens with zero attached hydrogens (tertiary/aromatic N) is 1. The molecule has 3 rings (SSSR count). The Balaban J connectivity index is 1.93. The standard InChI is InChI=1S/C20H18N2O5/c1-20(2,3)22-17(24)12-9-8-11(10-14(12)18(22)25)16(23)21-15-7-5-4-6-13(15)19(26)27/h4-10H,1-3H3,(H,21,23)(H,26,27)/p-1. The second-order valence-corrected chi connectivity index (χ2v) is 7.16. The van der Waals surface area contributed by atoms with Crippen LogP contribution in [0.5, 0.6) is 0 Å². The van der Waals surface area contributed by atoms with Crippen LogP contribution >= 0.6 is 0 Å². The number of carbonyl (C=O) groups excluding carboxylic acids is 4. The van der Waals surface area contributed by atoms with Crippen LogP contribution in [0, 0.1) is 0 Å². The number of rotatable bonds is 3. The third kappa shape index (κ3) is 3.19. The molecule has 7 heteroatoms. The van der Waals surface area contributed by atoms with Gasteiger partial charge in [0, 0.05) is 16.7 Å². The first-order chi connectivity index (χ1) is 12.6. The largest absolute Gasteiger partial charge is 0.545 e. The highest BCUT2D eigenvalue weighted by Gasteiger charge is 2.42. The van der Waals surface area contributed by atoms with E-state index in [0.717, 1.165) is 4.90 Å². The summed E-state index contributed by atoms with van der Waals surface area (Å²) in [6.45, 7) is 5.25. The van der Waals surface area contributed by atoms with E-state index in [4.69, 9.17) is 0 Å². The molecular formula is C20H17N2O5-. The predicted octanol–water partition coefficient (Wildman–Crippen LogP) is 1.70. The first kappa shape index (κ1) is 18.3. The maximum absolute atomic E-state index is 12.6. The van der Waals surface area contributed by atoms with E-state index in [-0.39, 0.29) is 27.9 Å². The lowest BCUT2D eigenvalue weighted by Gasteiger charge is -2.29. The quantitative estimate of drug-likeness (QED) is 0.833. The van der Waals surface area contributed by atoms with Gasteiger partial charge in [-0.15, -0.1) is 0 Å². The number of carbonyl (C=O) groups is 4. The maximum atomic E-state index is 12.6. The summed E-state index contributed by atoms with van der Waals surface area (Å²) in [4.78, 5) is 49.9. The Morgan fingerprint density at radius 2 is 1.59 bits per heavy atom. The zero-order valence-corrected chi connectivity index (χ0v) is 15.0. The zero-order valence-electron chi connectivity index (χ0n) is 15.0. The minimum atomic E-state index is -1.42. The Labute approximate surface area is 155 Å². The number of nitrogens with one attached hydrogen (secondary N) is 1. The molecule has 1 aliphatic rings. The van der Waals surface area contributed by atoms with Gasteiger partial charge in [-0.05, 0) is 45.0 Å². The van der Waals surface area contributed by atoms with Gasteiger partial charge in [0.1, 0.15) is 0 Å². The van der Waals surface area contributed by atoms with Gasteiger partial charge in [-0.2, -0.15) is 0 Å². The third-order valence-electron chi connectivity index (χ3n) is 4.21. The molecule has 2 aromatic carbocycles. The van der Waals surface area contributed by atoms with E-state index < -0.39 is 29.2 Å². The number of para-hydroxylation sites is 1. The number of benzene rings is 2. The van der Waals surface area contributed by atoms with E-state index in [0.29, 0.717) is 0 Å². The second kappa shape index (κ2) is 6.35. The van der Waals surface area contributed by atoms with Gasteiger partial charge in [0.25, 0.3) is 17.7 Å². The highest BCUT2D eigenvalue weighted by atomic mass is 16.4. The fourth-order valence-corrected chi connectivity index (χ4v) is 2.96. The van der Waals surface area contributed by atoms with Crippen LogP contribution < -0.4 is 10.4 Å². The third-order valence-corrected chi connectivity index (χ3v) is 4.21. The van der Waals surface area contributed by atoms with Crippen molar-refractivity contribution in [1.29, 1.82) is 0 Å². The van der Waals surface area contributed by atoms with E-state index in [2.05, 4.69) is 5.32 Å². The maximum Gasteiger partial charge on any atom is 0.262 e. The first-order valence-electron chi connectivity index (χ1n) is 8.26. The number of carboxylic acids is 1. The number of hydrogen-bond donors (Lipinski definition) is 1. The lowest BCUT2D eigenvalue weighted by molar-refractivity contribution is -0.254. The molecule has 0 atom stereocenters. The van der Waals surface area contributed by atoms with Crippen molar-refractivity contribution in [3.63, 3.8) is 0 Å². The number of fused-ring (bicyclic) bond motifs is 1. The number of carboxylic acid groups (broad SMARTS) is 1. The van der Waals surface area contributed by atoms with Crippen molar-refractivity contribution in [2.24, 2.45) is 0 Å². The van der Waals surface area contributed by atoms with Gasteiger partial charge in [0.05, 0.1) is 22.8 Å². The Morgan fingerprint density at radius 3 is 2.22 bits per heavy atom. The van der Waals surface area contributed by atoms with Crippen LogP contribution in [0.15, 0.2) is 42.5 Å². The monoisotopic (exact) mass is 365 g/mol. The van der Waals surface area contributed by atoms with E-state index in [9.17, 15) is 24.3 Å². The Morgan fingerprint density at radius 1 is 0.963 bits per heavy atom. The normalized spacial score (nSPS) is 13.5. The molecule has 0 fully saturated rings. The Hall–Kier alpha value is -3.48. The molecule has 1 aliphatic heterocycles. The smallest absolute Gasteiger partial charge is 0.262 e. The molecular weight excluding hydrogens is 348 g/mol. The van der Waals surface area contributed by atoms with Crippen LogP contribution in [0.1, 0.15) is 62.2 Å². The zero-order chi connectivity index (χ0) is 19.9. The minimum absolute atomic E-state index is 0.0849. The van der Waals surface area contributed by atoms with Crippen molar-refractivity contribution in [1.82, 2.24) is 4.90 Å². The second-order valence-electron chi connectivity index (χ2n) is 7.16. The predicted molar refractivity (Wildman–Crippen MR) is 95.4 cm³/mol. The average Bonchev–Trinajstić information content (AvgIpc) is 2.85. The lowest BCUT2D eigenvalue weighted by Crippen LogP contribution is -2.45. The molecule has 138 valence electrons. The van der Waals surface area contributed by atoms with E-state index in [1.807, 2.05) is 0 Å². The van der Waals surface area contributed by atoms with Gasteiger partial charge < -0.3 is 15.2 Å². The number of hydrogen-bond acceptors (Lipinski definition) is 5. The topological polar surface area (TPSA) is 107 Å². The molecule has 0 saturated carbocycles. The molecule has 2 aromatic rings. The minimum Gasteiger partial charge on any atom is -0.545 e. The lowest BCUT2D eigenvalue weighted by atomic mass is 10.0. The van der Waals surface area contributed by atoms with Crippen molar-refractivity contribution in [3.8, 4) is 0 Å². The van der Waals surface area contributed by atoms with E-state index in [1.54, 1.807) is 26.8 Å². The average molecular weight is 365 g/mol.